The van der Waals surface area contributed by atoms with E-state index in [0.29, 0.717) is 0 Å². The summed E-state index contributed by atoms with van der Waals surface area (Å²) in [6, 6.07) is 13.7. The minimum atomic E-state index is 0.723. The number of halogens is 1. The summed E-state index contributed by atoms with van der Waals surface area (Å²) in [6.45, 7) is 0. The number of anilines is 1. The summed E-state index contributed by atoms with van der Waals surface area (Å²) < 4.78 is 5.14. The fourth-order valence-corrected chi connectivity index (χ4v) is 2.94. The second-order valence-corrected chi connectivity index (χ2v) is 5.70. The van der Waals surface area contributed by atoms with E-state index < -0.39 is 0 Å². The fourth-order valence-electron chi connectivity index (χ4n) is 1.70. The van der Waals surface area contributed by atoms with Crippen molar-refractivity contribution in [1.82, 2.24) is 0 Å². The van der Waals surface area contributed by atoms with Gasteiger partial charge in [-0.15, -0.1) is 11.8 Å². The van der Waals surface area contributed by atoms with E-state index in [4.69, 9.17) is 22.1 Å². The van der Waals surface area contributed by atoms with Gasteiger partial charge in [-0.05, 0) is 42.3 Å². The number of hydrogen-bond donors (Lipinski definition) is 1. The molecule has 0 fully saturated rings. The highest BCUT2D eigenvalue weighted by molar-refractivity contribution is 7.99. The van der Waals surface area contributed by atoms with E-state index in [2.05, 4.69) is 12.1 Å². The molecular weight excluding hydrogens is 278 g/mol. The van der Waals surface area contributed by atoms with Crippen LogP contribution in [0.5, 0.6) is 5.75 Å². The van der Waals surface area contributed by atoms with Crippen molar-refractivity contribution in [3.8, 4) is 5.75 Å². The average Bonchev–Trinajstić information content (AvgIpc) is 2.43. The van der Waals surface area contributed by atoms with Crippen LogP contribution in [0, 0.1) is 0 Å². The van der Waals surface area contributed by atoms with E-state index in [1.54, 1.807) is 18.9 Å². The molecule has 4 heteroatoms. The van der Waals surface area contributed by atoms with Crippen molar-refractivity contribution in [2.24, 2.45) is 0 Å². The molecule has 2 N–H and O–H groups in total. The number of nitrogens with two attached hydrogens (primary N) is 1. The molecule has 0 unspecified atom stereocenters. The third-order valence-electron chi connectivity index (χ3n) is 2.78. The molecule has 19 heavy (non-hydrogen) atoms. The van der Waals surface area contributed by atoms with Crippen LogP contribution < -0.4 is 10.5 Å². The SMILES string of the molecule is COc1ccc(CCSc2cc(Cl)ccc2N)cc1. The van der Waals surface area contributed by atoms with Crippen molar-refractivity contribution in [3.63, 3.8) is 0 Å². The molecule has 0 saturated carbocycles. The first kappa shape index (κ1) is 14.1. The molecule has 2 aromatic carbocycles. The standard InChI is InChI=1S/C15H16ClNOS/c1-18-13-5-2-11(3-6-13)8-9-19-15-10-12(16)4-7-14(15)17/h2-7,10H,8-9,17H2,1H3. The maximum absolute atomic E-state index is 5.96. The highest BCUT2D eigenvalue weighted by Gasteiger charge is 2.02. The second kappa shape index (κ2) is 6.73. The van der Waals surface area contributed by atoms with Gasteiger partial charge in [-0.3, -0.25) is 0 Å². The third kappa shape index (κ3) is 4.08. The van der Waals surface area contributed by atoms with Gasteiger partial charge in [0.15, 0.2) is 0 Å². The first-order valence-electron chi connectivity index (χ1n) is 6.00. The van der Waals surface area contributed by atoms with E-state index >= 15 is 0 Å². The molecule has 0 aliphatic rings. The van der Waals surface area contributed by atoms with E-state index in [0.717, 1.165) is 33.5 Å². The molecule has 0 bridgehead atoms. The Hall–Kier alpha value is -1.32. The lowest BCUT2D eigenvalue weighted by Gasteiger charge is -2.06. The van der Waals surface area contributed by atoms with Gasteiger partial charge in [0.05, 0.1) is 7.11 Å². The number of nitrogen functional groups attached to an aromatic ring is 1. The summed E-state index contributed by atoms with van der Waals surface area (Å²) in [5.74, 6) is 1.85. The molecular formula is C15H16ClNOS. The van der Waals surface area contributed by atoms with E-state index in [1.807, 2.05) is 30.3 Å². The number of benzene rings is 2. The van der Waals surface area contributed by atoms with E-state index in [-0.39, 0.29) is 0 Å². The molecule has 2 aromatic rings. The van der Waals surface area contributed by atoms with Gasteiger partial charge in [-0.25, -0.2) is 0 Å². The Morgan fingerprint density at radius 1 is 1.16 bits per heavy atom. The van der Waals surface area contributed by atoms with Crippen LogP contribution in [0.15, 0.2) is 47.4 Å². The molecule has 0 aromatic heterocycles. The predicted molar refractivity (Wildman–Crippen MR) is 83.3 cm³/mol. The Balaban J connectivity index is 1.90. The van der Waals surface area contributed by atoms with Crippen LogP contribution >= 0.6 is 23.4 Å². The second-order valence-electron chi connectivity index (χ2n) is 4.13. The number of methoxy groups -OCH3 is 1. The van der Waals surface area contributed by atoms with Crippen LogP contribution in [0.1, 0.15) is 5.56 Å². The normalized spacial score (nSPS) is 10.4. The molecule has 2 rings (SSSR count). The summed E-state index contributed by atoms with van der Waals surface area (Å²) in [5.41, 5.74) is 7.98. The highest BCUT2D eigenvalue weighted by atomic mass is 35.5. The van der Waals surface area contributed by atoms with Crippen molar-refractivity contribution in [3.05, 3.63) is 53.1 Å². The zero-order valence-electron chi connectivity index (χ0n) is 10.7. The third-order valence-corrected chi connectivity index (χ3v) is 4.09. The zero-order chi connectivity index (χ0) is 13.7. The molecule has 100 valence electrons. The quantitative estimate of drug-likeness (QED) is 0.660. The Labute approximate surface area is 122 Å². The predicted octanol–water partition coefficient (Wildman–Crippen LogP) is 4.27. The number of rotatable bonds is 5. The van der Waals surface area contributed by atoms with Crippen LogP contribution in [-0.2, 0) is 6.42 Å². The number of thioether (sulfide) groups is 1. The molecule has 0 saturated heterocycles. The molecule has 2 nitrogen and oxygen atoms in total. The molecule has 0 atom stereocenters. The van der Waals surface area contributed by atoms with Gasteiger partial charge < -0.3 is 10.5 Å². The number of ether oxygens (including phenoxy) is 1. The highest BCUT2D eigenvalue weighted by Crippen LogP contribution is 2.28. The lowest BCUT2D eigenvalue weighted by Crippen LogP contribution is -1.92. The van der Waals surface area contributed by atoms with Crippen molar-refractivity contribution >= 4 is 29.1 Å². The number of hydrogen-bond acceptors (Lipinski definition) is 3. The van der Waals surface area contributed by atoms with Crippen molar-refractivity contribution in [1.29, 1.82) is 0 Å². The molecule has 0 aliphatic heterocycles. The summed E-state index contributed by atoms with van der Waals surface area (Å²) in [4.78, 5) is 1.04. The van der Waals surface area contributed by atoms with Crippen LogP contribution in [-0.4, -0.2) is 12.9 Å². The Kier molecular flexibility index (Phi) is 5.00. The van der Waals surface area contributed by atoms with Gasteiger partial charge in [-0.1, -0.05) is 23.7 Å². The number of aryl methyl sites for hydroxylation is 1. The first-order chi connectivity index (χ1) is 9.19. The molecule has 0 aliphatic carbocycles. The lowest BCUT2D eigenvalue weighted by molar-refractivity contribution is 0.414. The van der Waals surface area contributed by atoms with Crippen LogP contribution in [0.4, 0.5) is 5.69 Å². The molecule has 0 radical (unpaired) electrons. The van der Waals surface area contributed by atoms with Gasteiger partial charge in [0.2, 0.25) is 0 Å². The average molecular weight is 294 g/mol. The van der Waals surface area contributed by atoms with E-state index in [9.17, 15) is 0 Å². The molecule has 0 amide bonds. The maximum atomic E-state index is 5.96. The van der Waals surface area contributed by atoms with Crippen molar-refractivity contribution < 1.29 is 4.74 Å². The topological polar surface area (TPSA) is 35.2 Å². The Bertz CT molecular complexity index is 542. The zero-order valence-corrected chi connectivity index (χ0v) is 12.3. The van der Waals surface area contributed by atoms with Crippen LogP contribution in [0.3, 0.4) is 0 Å². The van der Waals surface area contributed by atoms with Gasteiger partial charge >= 0.3 is 0 Å². The van der Waals surface area contributed by atoms with Gasteiger partial charge in [0.1, 0.15) is 5.75 Å². The minimum Gasteiger partial charge on any atom is -0.497 e. The van der Waals surface area contributed by atoms with Crippen LogP contribution in [0.2, 0.25) is 5.02 Å². The van der Waals surface area contributed by atoms with Crippen LogP contribution in [0.25, 0.3) is 0 Å². The Morgan fingerprint density at radius 2 is 1.89 bits per heavy atom. The maximum Gasteiger partial charge on any atom is 0.118 e. The monoisotopic (exact) mass is 293 g/mol. The fraction of sp³-hybridized carbons (Fsp3) is 0.200. The summed E-state index contributed by atoms with van der Waals surface area (Å²) in [6.07, 6.45) is 0.987. The van der Waals surface area contributed by atoms with Gasteiger partial charge in [-0.2, -0.15) is 0 Å². The molecule has 0 spiro atoms. The van der Waals surface area contributed by atoms with E-state index in [1.165, 1.54) is 5.56 Å². The summed E-state index contributed by atoms with van der Waals surface area (Å²) >= 11 is 7.69. The largest absolute Gasteiger partial charge is 0.497 e. The molecule has 0 heterocycles. The van der Waals surface area contributed by atoms with Crippen molar-refractivity contribution in [2.75, 3.05) is 18.6 Å². The Morgan fingerprint density at radius 3 is 2.58 bits per heavy atom. The van der Waals surface area contributed by atoms with Gasteiger partial charge in [0.25, 0.3) is 0 Å². The van der Waals surface area contributed by atoms with Gasteiger partial charge in [0, 0.05) is 21.4 Å². The lowest BCUT2D eigenvalue weighted by atomic mass is 10.2. The summed E-state index contributed by atoms with van der Waals surface area (Å²) in [7, 11) is 1.67. The van der Waals surface area contributed by atoms with Crippen molar-refractivity contribution in [2.45, 2.75) is 11.3 Å². The summed E-state index contributed by atoms with van der Waals surface area (Å²) in [5, 5.41) is 0.723. The minimum absolute atomic E-state index is 0.723. The first-order valence-corrected chi connectivity index (χ1v) is 7.36. The smallest absolute Gasteiger partial charge is 0.118 e.